The monoisotopic (exact) mass is 645 g/mol. The Hall–Kier alpha value is -4.97. The van der Waals surface area contributed by atoms with Gasteiger partial charge in [0, 0.05) is 36.3 Å². The molecule has 2 aromatic heterocycles. The highest BCUT2D eigenvalue weighted by atomic mass is 16.3. The maximum Gasteiger partial charge on any atom is 0.262 e. The Labute approximate surface area is 275 Å². The van der Waals surface area contributed by atoms with Gasteiger partial charge in [0.15, 0.2) is 0 Å². The third-order valence-corrected chi connectivity index (χ3v) is 10.8. The lowest BCUT2D eigenvalue weighted by Gasteiger charge is -2.35. The molecule has 2 aliphatic heterocycles. The molecule has 1 saturated heterocycles. The number of benzene rings is 2. The number of hydrogen-bond acceptors (Lipinski definition) is 9. The lowest BCUT2D eigenvalue weighted by atomic mass is 9.77. The van der Waals surface area contributed by atoms with Crippen LogP contribution in [0.4, 0.5) is 5.69 Å². The molecule has 3 aliphatic carbocycles. The van der Waals surface area contributed by atoms with E-state index in [1.54, 1.807) is 18.2 Å². The van der Waals surface area contributed by atoms with Crippen molar-refractivity contribution >= 4 is 40.3 Å². The van der Waals surface area contributed by atoms with E-state index in [4.69, 9.17) is 15.1 Å². The SMILES string of the molecule is O=C1CCC(N2C(=O)c3ccc(NC[C@H]4C[C@H](n5cc(-c6cnc7ccc(C8CC(O)C8)cc7n6)c(C6CC6)n5)C4)cc3C2=O)C(=O)N1. The molecule has 9 rings (SSSR count). The predicted molar refractivity (Wildman–Crippen MR) is 174 cm³/mol. The van der Waals surface area contributed by atoms with Gasteiger partial charge in [0.25, 0.3) is 11.8 Å². The van der Waals surface area contributed by atoms with E-state index in [-0.39, 0.29) is 36.1 Å². The van der Waals surface area contributed by atoms with Crippen LogP contribution in [0.5, 0.6) is 0 Å². The highest BCUT2D eigenvalue weighted by Gasteiger charge is 2.45. The van der Waals surface area contributed by atoms with Crippen molar-refractivity contribution < 1.29 is 24.3 Å². The Balaban J connectivity index is 0.860. The smallest absolute Gasteiger partial charge is 0.262 e. The second-order valence-electron chi connectivity index (χ2n) is 14.1. The van der Waals surface area contributed by atoms with Crippen LogP contribution in [-0.2, 0) is 9.59 Å². The number of carbonyl (C=O) groups is 4. The van der Waals surface area contributed by atoms with Crippen LogP contribution in [0.2, 0.25) is 0 Å². The molecule has 0 radical (unpaired) electrons. The zero-order valence-electron chi connectivity index (χ0n) is 26.3. The number of amides is 4. The van der Waals surface area contributed by atoms with E-state index in [9.17, 15) is 24.3 Å². The number of hydrogen-bond donors (Lipinski definition) is 3. The Kier molecular flexibility index (Phi) is 6.72. The lowest BCUT2D eigenvalue weighted by molar-refractivity contribution is -0.136. The molecule has 0 bridgehead atoms. The summed E-state index contributed by atoms with van der Waals surface area (Å²) in [5.41, 5.74) is 7.24. The third kappa shape index (κ3) is 4.97. The van der Waals surface area contributed by atoms with Crippen molar-refractivity contribution in [1.82, 2.24) is 30.0 Å². The molecule has 0 spiro atoms. The first-order valence-electron chi connectivity index (χ1n) is 16.9. The summed E-state index contributed by atoms with van der Waals surface area (Å²) in [5, 5.41) is 20.5. The van der Waals surface area contributed by atoms with Gasteiger partial charge in [0.1, 0.15) is 6.04 Å². The van der Waals surface area contributed by atoms with E-state index in [0.29, 0.717) is 24.3 Å². The summed E-state index contributed by atoms with van der Waals surface area (Å²) in [6.45, 7) is 0.717. The topological polar surface area (TPSA) is 159 Å². The van der Waals surface area contributed by atoms with Crippen molar-refractivity contribution in [3.8, 4) is 11.3 Å². The molecule has 4 fully saturated rings. The van der Waals surface area contributed by atoms with Crippen LogP contribution in [0.3, 0.4) is 0 Å². The fraction of sp³-hybridized carbons (Fsp3) is 0.417. The molecule has 12 nitrogen and oxygen atoms in total. The van der Waals surface area contributed by atoms with Gasteiger partial charge in [0.2, 0.25) is 11.8 Å². The molecule has 1 atom stereocenters. The number of aliphatic hydroxyl groups excluding tert-OH is 1. The molecule has 4 amide bonds. The summed E-state index contributed by atoms with van der Waals surface area (Å²) < 4.78 is 2.11. The molecule has 3 saturated carbocycles. The van der Waals surface area contributed by atoms with Gasteiger partial charge in [0.05, 0.1) is 51.9 Å². The quantitative estimate of drug-likeness (QED) is 0.240. The van der Waals surface area contributed by atoms with E-state index < -0.39 is 29.7 Å². The zero-order chi connectivity index (χ0) is 32.7. The fourth-order valence-electron chi connectivity index (χ4n) is 7.65. The molecule has 4 aromatic rings. The number of fused-ring (bicyclic) bond motifs is 2. The van der Waals surface area contributed by atoms with Gasteiger partial charge in [-0.15, -0.1) is 0 Å². The molecule has 2 aromatic carbocycles. The van der Waals surface area contributed by atoms with E-state index in [1.807, 2.05) is 12.3 Å². The van der Waals surface area contributed by atoms with Crippen molar-refractivity contribution in [2.45, 2.75) is 81.4 Å². The van der Waals surface area contributed by atoms with Crippen LogP contribution in [0.15, 0.2) is 48.8 Å². The molecular weight excluding hydrogens is 610 g/mol. The van der Waals surface area contributed by atoms with E-state index in [1.165, 1.54) is 5.56 Å². The van der Waals surface area contributed by atoms with E-state index in [0.717, 1.165) is 77.1 Å². The maximum atomic E-state index is 13.2. The molecular formula is C36H35N7O5. The first kappa shape index (κ1) is 29.2. The number of aliphatic hydroxyl groups is 1. The minimum Gasteiger partial charge on any atom is -0.393 e. The van der Waals surface area contributed by atoms with Crippen LogP contribution in [0.1, 0.15) is 101 Å². The Morgan fingerprint density at radius 1 is 0.875 bits per heavy atom. The minimum absolute atomic E-state index is 0.0897. The molecule has 12 heteroatoms. The number of piperidine rings is 1. The Bertz CT molecular complexity index is 2020. The van der Waals surface area contributed by atoms with Crippen LogP contribution < -0.4 is 10.6 Å². The number of nitrogens with zero attached hydrogens (tertiary/aromatic N) is 5. The van der Waals surface area contributed by atoms with Gasteiger partial charge in [-0.2, -0.15) is 5.10 Å². The summed E-state index contributed by atoms with van der Waals surface area (Å²) in [7, 11) is 0. The van der Waals surface area contributed by atoms with Gasteiger partial charge in [-0.05, 0) is 92.7 Å². The first-order chi connectivity index (χ1) is 23.3. The number of anilines is 1. The van der Waals surface area contributed by atoms with Crippen molar-refractivity contribution in [3.63, 3.8) is 0 Å². The van der Waals surface area contributed by atoms with Crippen molar-refractivity contribution in [1.29, 1.82) is 0 Å². The average Bonchev–Trinajstić information content (AvgIpc) is 3.76. The molecule has 4 heterocycles. The van der Waals surface area contributed by atoms with Gasteiger partial charge in [-0.25, -0.2) is 4.98 Å². The van der Waals surface area contributed by atoms with Gasteiger partial charge < -0.3 is 10.4 Å². The van der Waals surface area contributed by atoms with Gasteiger partial charge in [-0.3, -0.25) is 39.1 Å². The van der Waals surface area contributed by atoms with Crippen molar-refractivity contribution in [2.75, 3.05) is 11.9 Å². The number of imide groups is 2. The molecule has 48 heavy (non-hydrogen) atoms. The number of carbonyl (C=O) groups excluding carboxylic acids is 4. The molecule has 244 valence electrons. The minimum atomic E-state index is -0.976. The summed E-state index contributed by atoms with van der Waals surface area (Å²) in [4.78, 5) is 60.9. The van der Waals surface area contributed by atoms with Crippen molar-refractivity contribution in [2.24, 2.45) is 5.92 Å². The van der Waals surface area contributed by atoms with Crippen LogP contribution in [0, 0.1) is 5.92 Å². The summed E-state index contributed by atoms with van der Waals surface area (Å²) in [6.07, 6.45) is 9.81. The third-order valence-electron chi connectivity index (χ3n) is 10.8. The molecule has 5 aliphatic rings. The summed E-state index contributed by atoms with van der Waals surface area (Å²) >= 11 is 0. The Morgan fingerprint density at radius 2 is 1.69 bits per heavy atom. The normalized spacial score (nSPS) is 26.7. The lowest BCUT2D eigenvalue weighted by Crippen LogP contribution is -2.54. The highest BCUT2D eigenvalue weighted by molar-refractivity contribution is 6.23. The number of aromatic nitrogens is 4. The first-order valence-corrected chi connectivity index (χ1v) is 16.9. The maximum absolute atomic E-state index is 13.2. The summed E-state index contributed by atoms with van der Waals surface area (Å²) in [5.74, 6) is -0.763. The van der Waals surface area contributed by atoms with E-state index >= 15 is 0 Å². The van der Waals surface area contributed by atoms with Gasteiger partial charge >= 0.3 is 0 Å². The van der Waals surface area contributed by atoms with Crippen LogP contribution >= 0.6 is 0 Å². The number of nitrogens with one attached hydrogen (secondary N) is 2. The zero-order valence-corrected chi connectivity index (χ0v) is 26.3. The molecule has 3 N–H and O–H groups in total. The standard InChI is InChI=1S/C36H35N7O5/c44-24-11-21(12-24)20-3-6-28-29(13-20)39-30(16-38-28)27-17-42(41-33(27)19-1-2-19)23-9-18(10-23)15-37-22-4-5-25-26(14-22)36(48)43(35(25)47)31-7-8-32(45)40-34(31)46/h3-6,13-14,16-19,21,23-24,31,37,44H,1-2,7-12,15H2,(H,40,45,46)/t18-,21?,23-,24?,31?. The second kappa shape index (κ2) is 11.0. The van der Waals surface area contributed by atoms with Crippen LogP contribution in [0.25, 0.3) is 22.3 Å². The highest BCUT2D eigenvalue weighted by Crippen LogP contribution is 2.46. The number of rotatable bonds is 8. The van der Waals surface area contributed by atoms with Crippen molar-refractivity contribution in [3.05, 3.63) is 71.2 Å². The largest absolute Gasteiger partial charge is 0.393 e. The van der Waals surface area contributed by atoms with Gasteiger partial charge in [-0.1, -0.05) is 6.07 Å². The fourth-order valence-corrected chi connectivity index (χ4v) is 7.65. The summed E-state index contributed by atoms with van der Waals surface area (Å²) in [6, 6.07) is 10.7. The second-order valence-corrected chi connectivity index (χ2v) is 14.1. The van der Waals surface area contributed by atoms with E-state index in [2.05, 4.69) is 33.6 Å². The average molecular weight is 646 g/mol. The molecule has 1 unspecified atom stereocenters. The Morgan fingerprint density at radius 3 is 2.46 bits per heavy atom. The predicted octanol–water partition coefficient (Wildman–Crippen LogP) is 4.07. The van der Waals surface area contributed by atoms with Crippen LogP contribution in [-0.4, -0.2) is 72.1 Å².